The Bertz CT molecular complexity index is 1220. The van der Waals surface area contributed by atoms with Crippen molar-refractivity contribution in [3.8, 4) is 11.7 Å². The number of amides is 2. The van der Waals surface area contributed by atoms with Crippen LogP contribution in [0.1, 0.15) is 57.5 Å². The van der Waals surface area contributed by atoms with Crippen molar-refractivity contribution in [1.29, 1.82) is 0 Å². The number of H-pyrrole nitrogens is 1. The summed E-state index contributed by atoms with van der Waals surface area (Å²) < 4.78 is 7.08. The molecular weight excluding hydrogens is 420 g/mol. The second-order valence-electron chi connectivity index (χ2n) is 9.11. The molecule has 2 amide bonds. The lowest BCUT2D eigenvalue weighted by Gasteiger charge is -2.16. The van der Waals surface area contributed by atoms with Crippen LogP contribution < -0.4 is 20.9 Å². The second-order valence-corrected chi connectivity index (χ2v) is 9.11. The molecule has 0 saturated carbocycles. The Morgan fingerprint density at radius 3 is 2.70 bits per heavy atom. The third kappa shape index (κ3) is 4.92. The zero-order chi connectivity index (χ0) is 23.6. The van der Waals surface area contributed by atoms with Gasteiger partial charge in [0.05, 0.1) is 23.7 Å². The molecule has 2 heterocycles. The highest BCUT2D eigenvalue weighted by molar-refractivity contribution is 6.00. The molecule has 0 aliphatic heterocycles. The Labute approximate surface area is 192 Å². The lowest BCUT2D eigenvalue weighted by molar-refractivity contribution is 0.261. The molecule has 9 heteroatoms. The normalized spacial score (nSPS) is 13.3. The van der Waals surface area contributed by atoms with Gasteiger partial charge in [-0.05, 0) is 44.7 Å². The van der Waals surface area contributed by atoms with Crippen molar-refractivity contribution < 1.29 is 9.53 Å². The zero-order valence-corrected chi connectivity index (χ0v) is 19.5. The Morgan fingerprint density at radius 2 is 1.94 bits per heavy atom. The molecule has 2 aromatic heterocycles. The number of aromatic amines is 1. The van der Waals surface area contributed by atoms with Gasteiger partial charge in [-0.25, -0.2) is 9.78 Å². The highest BCUT2D eigenvalue weighted by Crippen LogP contribution is 2.27. The van der Waals surface area contributed by atoms with Gasteiger partial charge in [0.15, 0.2) is 0 Å². The third-order valence-corrected chi connectivity index (χ3v) is 5.53. The number of nitrogens with zero attached hydrogens (tertiary/aromatic N) is 3. The number of aromatic nitrogens is 4. The van der Waals surface area contributed by atoms with E-state index in [-0.39, 0.29) is 11.0 Å². The van der Waals surface area contributed by atoms with Crippen molar-refractivity contribution in [3.63, 3.8) is 0 Å². The summed E-state index contributed by atoms with van der Waals surface area (Å²) in [4.78, 5) is 33.1. The molecule has 3 N–H and O–H groups in total. The summed E-state index contributed by atoms with van der Waals surface area (Å²) in [6.07, 6.45) is 3.49. The number of hydrogen-bond acceptors (Lipinski definition) is 5. The molecule has 0 bridgehead atoms. The smallest absolute Gasteiger partial charge is 0.324 e. The highest BCUT2D eigenvalue weighted by atomic mass is 16.5. The van der Waals surface area contributed by atoms with Gasteiger partial charge in [-0.1, -0.05) is 32.9 Å². The maximum absolute atomic E-state index is 12.9. The number of urea groups is 1. The quantitative estimate of drug-likeness (QED) is 0.540. The number of hydrogen-bond donors (Lipinski definition) is 3. The minimum absolute atomic E-state index is 0.149. The summed E-state index contributed by atoms with van der Waals surface area (Å²) in [5.74, 6) is 1.28. The number of nitrogens with one attached hydrogen (secondary N) is 3. The van der Waals surface area contributed by atoms with Gasteiger partial charge in [0.2, 0.25) is 5.95 Å². The SMILES string of the molecule is CCOc1ccccc1NC(=O)Nc1cc(C(C)(C)C)nn1-c1nc2c(c(=O)[nH]1)CCCC2. The van der Waals surface area contributed by atoms with Crippen LogP contribution in [0, 0.1) is 0 Å². The molecule has 1 aliphatic carbocycles. The molecule has 4 rings (SSSR count). The molecule has 174 valence electrons. The van der Waals surface area contributed by atoms with Crippen LogP contribution in [0.4, 0.5) is 16.3 Å². The van der Waals surface area contributed by atoms with Crippen molar-refractivity contribution in [1.82, 2.24) is 19.7 Å². The fourth-order valence-corrected chi connectivity index (χ4v) is 3.81. The topological polar surface area (TPSA) is 114 Å². The van der Waals surface area contributed by atoms with Crippen molar-refractivity contribution in [3.05, 3.63) is 57.6 Å². The van der Waals surface area contributed by atoms with Crippen LogP contribution in [0.15, 0.2) is 35.1 Å². The second kappa shape index (κ2) is 9.09. The molecule has 1 aromatic carbocycles. The maximum Gasteiger partial charge on any atom is 0.324 e. The molecule has 33 heavy (non-hydrogen) atoms. The minimum atomic E-state index is -0.455. The van der Waals surface area contributed by atoms with Crippen molar-refractivity contribution in [2.75, 3.05) is 17.2 Å². The summed E-state index contributed by atoms with van der Waals surface area (Å²) in [5.41, 5.74) is 2.44. The molecule has 0 radical (unpaired) electrons. The lowest BCUT2D eigenvalue weighted by Crippen LogP contribution is -2.26. The number of para-hydroxylation sites is 2. The van der Waals surface area contributed by atoms with Crippen LogP contribution in [0.3, 0.4) is 0 Å². The predicted octanol–water partition coefficient (Wildman–Crippen LogP) is 4.17. The van der Waals surface area contributed by atoms with Crippen molar-refractivity contribution >= 4 is 17.5 Å². The van der Waals surface area contributed by atoms with E-state index < -0.39 is 6.03 Å². The number of anilines is 2. The highest BCUT2D eigenvalue weighted by Gasteiger charge is 2.24. The predicted molar refractivity (Wildman–Crippen MR) is 128 cm³/mol. The van der Waals surface area contributed by atoms with Gasteiger partial charge < -0.3 is 10.1 Å². The van der Waals surface area contributed by atoms with E-state index in [2.05, 4.69) is 25.7 Å². The summed E-state index contributed by atoms with van der Waals surface area (Å²) in [6.45, 7) is 8.47. The third-order valence-electron chi connectivity index (χ3n) is 5.53. The van der Waals surface area contributed by atoms with E-state index >= 15 is 0 Å². The number of carbonyl (C=O) groups is 1. The van der Waals surface area contributed by atoms with Crippen LogP contribution in [0.25, 0.3) is 5.95 Å². The standard InChI is InChI=1S/C24H30N6O3/c1-5-33-18-13-9-8-12-17(18)26-23(32)27-20-14-19(24(2,3)4)29-30(20)22-25-16-11-7-6-10-15(16)21(31)28-22/h8-9,12-14H,5-7,10-11H2,1-4H3,(H,25,28,31)(H2,26,27,32). The van der Waals surface area contributed by atoms with Gasteiger partial charge in [-0.3, -0.25) is 15.1 Å². The van der Waals surface area contributed by atoms with Crippen LogP contribution in [-0.2, 0) is 18.3 Å². The van der Waals surface area contributed by atoms with E-state index in [0.717, 1.165) is 42.6 Å². The van der Waals surface area contributed by atoms with Crippen LogP contribution in [0.2, 0.25) is 0 Å². The first-order valence-corrected chi connectivity index (χ1v) is 11.3. The fraction of sp³-hybridized carbons (Fsp3) is 0.417. The van der Waals surface area contributed by atoms with E-state index in [4.69, 9.17) is 4.74 Å². The van der Waals surface area contributed by atoms with E-state index in [0.29, 0.717) is 29.8 Å². The average Bonchev–Trinajstić information content (AvgIpc) is 3.19. The molecule has 0 unspecified atom stereocenters. The lowest BCUT2D eigenvalue weighted by atomic mass is 9.92. The molecule has 9 nitrogen and oxygen atoms in total. The number of carbonyl (C=O) groups excluding carboxylic acids is 1. The molecule has 0 spiro atoms. The van der Waals surface area contributed by atoms with E-state index in [1.54, 1.807) is 18.2 Å². The van der Waals surface area contributed by atoms with Crippen molar-refractivity contribution in [2.24, 2.45) is 0 Å². The van der Waals surface area contributed by atoms with Gasteiger partial charge in [-0.2, -0.15) is 9.78 Å². The molecule has 0 fully saturated rings. The maximum atomic E-state index is 12.9. The van der Waals surface area contributed by atoms with Crippen LogP contribution in [-0.4, -0.2) is 32.4 Å². The Balaban J connectivity index is 1.68. The average molecular weight is 451 g/mol. The molecule has 3 aromatic rings. The van der Waals surface area contributed by atoms with Gasteiger partial charge >= 0.3 is 6.03 Å². The summed E-state index contributed by atoms with van der Waals surface area (Å²) >= 11 is 0. The molecule has 1 aliphatic rings. The first-order chi connectivity index (χ1) is 15.8. The van der Waals surface area contributed by atoms with E-state index in [9.17, 15) is 9.59 Å². The Kier molecular flexibility index (Phi) is 6.22. The fourth-order valence-electron chi connectivity index (χ4n) is 3.81. The van der Waals surface area contributed by atoms with Gasteiger partial charge in [0.25, 0.3) is 5.56 Å². The largest absolute Gasteiger partial charge is 0.492 e. The number of rotatable bonds is 5. The van der Waals surface area contributed by atoms with E-state index in [1.807, 2.05) is 39.8 Å². The monoisotopic (exact) mass is 450 g/mol. The minimum Gasteiger partial charge on any atom is -0.492 e. The van der Waals surface area contributed by atoms with Gasteiger partial charge in [0, 0.05) is 17.0 Å². The van der Waals surface area contributed by atoms with Gasteiger partial charge in [-0.15, -0.1) is 0 Å². The number of aryl methyl sites for hydroxylation is 1. The number of benzene rings is 1. The van der Waals surface area contributed by atoms with E-state index in [1.165, 1.54) is 4.68 Å². The van der Waals surface area contributed by atoms with Crippen LogP contribution >= 0.6 is 0 Å². The Morgan fingerprint density at radius 1 is 1.18 bits per heavy atom. The summed E-state index contributed by atoms with van der Waals surface area (Å²) in [7, 11) is 0. The van der Waals surface area contributed by atoms with Crippen molar-refractivity contribution in [2.45, 2.75) is 58.8 Å². The first kappa shape index (κ1) is 22.6. The molecule has 0 atom stereocenters. The molecular formula is C24H30N6O3. The summed E-state index contributed by atoms with van der Waals surface area (Å²) in [6, 6.07) is 8.57. The molecule has 0 saturated heterocycles. The first-order valence-electron chi connectivity index (χ1n) is 11.3. The zero-order valence-electron chi connectivity index (χ0n) is 19.5. The van der Waals surface area contributed by atoms with Gasteiger partial charge in [0.1, 0.15) is 11.6 Å². The number of ether oxygens (including phenoxy) is 1. The summed E-state index contributed by atoms with van der Waals surface area (Å²) in [5, 5.41) is 10.3. The Hall–Kier alpha value is -3.62. The van der Waals surface area contributed by atoms with Crippen LogP contribution in [0.5, 0.6) is 5.75 Å². The number of fused-ring (bicyclic) bond motifs is 1.